The third-order valence-corrected chi connectivity index (χ3v) is 4.91. The maximum absolute atomic E-state index is 13.2. The summed E-state index contributed by atoms with van der Waals surface area (Å²) in [7, 11) is 0. The predicted octanol–water partition coefficient (Wildman–Crippen LogP) is 5.16. The number of carbonyl (C=O) groups excluding carboxylic acids is 1. The zero-order valence-corrected chi connectivity index (χ0v) is 17.8. The van der Waals surface area contributed by atoms with Crippen LogP contribution in [0.3, 0.4) is 0 Å². The van der Waals surface area contributed by atoms with Gasteiger partial charge in [-0.3, -0.25) is 0 Å². The Morgan fingerprint density at radius 2 is 1.69 bits per heavy atom. The van der Waals surface area contributed by atoms with Gasteiger partial charge in [-0.15, -0.1) is 10.2 Å². The highest BCUT2D eigenvalue weighted by molar-refractivity contribution is 5.99. The van der Waals surface area contributed by atoms with E-state index < -0.39 is 11.8 Å². The Bertz CT molecular complexity index is 1250. The molecule has 0 aliphatic carbocycles. The standard InChI is InChI=1S/C23H21FN6O2/c1-14-15(2)29-30(16(14)3)21-11-12-22(28-27-21)32-20-9-7-18(8-10-20)25-23(31)26-19-6-4-5-17(24)13-19/h4-13H,1-3H3,(H2,25,26,31). The summed E-state index contributed by atoms with van der Waals surface area (Å²) in [5, 5.41) is 18.0. The van der Waals surface area contributed by atoms with Gasteiger partial charge < -0.3 is 15.4 Å². The van der Waals surface area contributed by atoms with Gasteiger partial charge in [0.2, 0.25) is 5.88 Å². The van der Waals surface area contributed by atoms with Crippen LogP contribution in [0.1, 0.15) is 17.0 Å². The van der Waals surface area contributed by atoms with Gasteiger partial charge in [-0.2, -0.15) is 5.10 Å². The van der Waals surface area contributed by atoms with E-state index in [-0.39, 0.29) is 0 Å². The molecule has 4 rings (SSSR count). The quantitative estimate of drug-likeness (QED) is 0.454. The molecule has 0 bridgehead atoms. The highest BCUT2D eigenvalue weighted by Gasteiger charge is 2.11. The maximum Gasteiger partial charge on any atom is 0.323 e. The second kappa shape index (κ2) is 8.84. The van der Waals surface area contributed by atoms with Crippen molar-refractivity contribution < 1.29 is 13.9 Å². The van der Waals surface area contributed by atoms with Crippen molar-refractivity contribution in [3.8, 4) is 17.4 Å². The number of benzene rings is 2. The molecule has 0 aliphatic heterocycles. The Morgan fingerprint density at radius 3 is 2.31 bits per heavy atom. The summed E-state index contributed by atoms with van der Waals surface area (Å²) in [6, 6.07) is 15.4. The van der Waals surface area contributed by atoms with Crippen LogP contribution in [0, 0.1) is 26.6 Å². The lowest BCUT2D eigenvalue weighted by Gasteiger charge is -2.09. The van der Waals surface area contributed by atoms with E-state index in [1.807, 2.05) is 20.8 Å². The SMILES string of the molecule is Cc1nn(-c2ccc(Oc3ccc(NC(=O)Nc4cccc(F)c4)cc3)nn2)c(C)c1C. The van der Waals surface area contributed by atoms with Crippen LogP contribution in [0.4, 0.5) is 20.6 Å². The van der Waals surface area contributed by atoms with Crippen molar-refractivity contribution >= 4 is 17.4 Å². The topological polar surface area (TPSA) is 94.0 Å². The minimum atomic E-state index is -0.481. The minimum absolute atomic E-state index is 0.330. The predicted molar refractivity (Wildman–Crippen MR) is 119 cm³/mol. The summed E-state index contributed by atoms with van der Waals surface area (Å²) in [6.45, 7) is 5.95. The van der Waals surface area contributed by atoms with E-state index in [9.17, 15) is 9.18 Å². The van der Waals surface area contributed by atoms with Crippen LogP contribution < -0.4 is 15.4 Å². The smallest absolute Gasteiger partial charge is 0.323 e. The number of halogens is 1. The highest BCUT2D eigenvalue weighted by atomic mass is 19.1. The molecule has 162 valence electrons. The molecule has 0 aliphatic rings. The number of ether oxygens (including phenoxy) is 1. The van der Waals surface area contributed by atoms with Crippen molar-refractivity contribution in [2.24, 2.45) is 0 Å². The Hall–Kier alpha value is -4.27. The molecule has 0 saturated carbocycles. The van der Waals surface area contributed by atoms with Gasteiger partial charge in [-0.05, 0) is 74.9 Å². The zero-order chi connectivity index (χ0) is 22.7. The van der Waals surface area contributed by atoms with E-state index in [1.54, 1.807) is 47.1 Å². The minimum Gasteiger partial charge on any atom is -0.438 e. The summed E-state index contributed by atoms with van der Waals surface area (Å²) in [4.78, 5) is 12.1. The first-order chi connectivity index (χ1) is 15.4. The van der Waals surface area contributed by atoms with Crippen molar-refractivity contribution in [3.63, 3.8) is 0 Å². The number of anilines is 2. The number of aryl methyl sites for hydroxylation is 1. The number of urea groups is 1. The van der Waals surface area contributed by atoms with Crippen molar-refractivity contribution in [2.75, 3.05) is 10.6 Å². The van der Waals surface area contributed by atoms with Crippen LogP contribution in [-0.2, 0) is 0 Å². The number of nitrogens with one attached hydrogen (secondary N) is 2. The van der Waals surface area contributed by atoms with Gasteiger partial charge in [-0.1, -0.05) is 6.07 Å². The fourth-order valence-electron chi connectivity index (χ4n) is 3.01. The van der Waals surface area contributed by atoms with Crippen LogP contribution in [0.25, 0.3) is 5.82 Å². The molecule has 32 heavy (non-hydrogen) atoms. The van der Waals surface area contributed by atoms with Gasteiger partial charge in [0, 0.05) is 23.1 Å². The zero-order valence-electron chi connectivity index (χ0n) is 17.8. The first-order valence-corrected chi connectivity index (χ1v) is 9.87. The molecule has 8 nitrogen and oxygen atoms in total. The lowest BCUT2D eigenvalue weighted by atomic mass is 10.2. The van der Waals surface area contributed by atoms with E-state index in [1.165, 1.54) is 18.2 Å². The third kappa shape index (κ3) is 4.72. The molecule has 4 aromatic rings. The van der Waals surface area contributed by atoms with E-state index in [4.69, 9.17) is 4.74 Å². The number of hydrogen-bond donors (Lipinski definition) is 2. The van der Waals surface area contributed by atoms with Crippen molar-refractivity contribution in [2.45, 2.75) is 20.8 Å². The molecular formula is C23H21FN6O2. The van der Waals surface area contributed by atoms with Gasteiger partial charge in [0.25, 0.3) is 0 Å². The van der Waals surface area contributed by atoms with E-state index in [2.05, 4.69) is 25.9 Å². The van der Waals surface area contributed by atoms with Gasteiger partial charge in [0.15, 0.2) is 5.82 Å². The molecule has 0 fully saturated rings. The summed E-state index contributed by atoms with van der Waals surface area (Å²) in [5.74, 6) is 1.04. The highest BCUT2D eigenvalue weighted by Crippen LogP contribution is 2.22. The molecule has 2 amide bonds. The molecule has 2 aromatic heterocycles. The fraction of sp³-hybridized carbons (Fsp3) is 0.130. The van der Waals surface area contributed by atoms with Crippen LogP contribution in [-0.4, -0.2) is 26.0 Å². The van der Waals surface area contributed by atoms with Crippen molar-refractivity contribution in [3.05, 3.63) is 83.4 Å². The molecule has 0 spiro atoms. The van der Waals surface area contributed by atoms with Crippen LogP contribution in [0.15, 0.2) is 60.7 Å². The largest absolute Gasteiger partial charge is 0.438 e. The lowest BCUT2D eigenvalue weighted by Crippen LogP contribution is -2.19. The molecular weight excluding hydrogens is 411 g/mol. The number of hydrogen-bond acceptors (Lipinski definition) is 5. The molecule has 2 N–H and O–H groups in total. The average Bonchev–Trinajstić information content (AvgIpc) is 3.03. The first-order valence-electron chi connectivity index (χ1n) is 9.87. The fourth-order valence-corrected chi connectivity index (χ4v) is 3.01. The summed E-state index contributed by atoms with van der Waals surface area (Å²) in [5.41, 5.74) is 3.98. The van der Waals surface area contributed by atoms with E-state index >= 15 is 0 Å². The third-order valence-electron chi connectivity index (χ3n) is 4.91. The average molecular weight is 432 g/mol. The Morgan fingerprint density at radius 1 is 0.938 bits per heavy atom. The molecule has 0 unspecified atom stereocenters. The van der Waals surface area contributed by atoms with Crippen LogP contribution >= 0.6 is 0 Å². The number of rotatable bonds is 5. The summed E-state index contributed by atoms with van der Waals surface area (Å²) < 4.78 is 20.7. The van der Waals surface area contributed by atoms with Crippen molar-refractivity contribution in [1.82, 2.24) is 20.0 Å². The summed E-state index contributed by atoms with van der Waals surface area (Å²) >= 11 is 0. The molecule has 0 atom stereocenters. The second-order valence-corrected chi connectivity index (χ2v) is 7.15. The summed E-state index contributed by atoms with van der Waals surface area (Å²) in [6.07, 6.45) is 0. The molecule has 2 heterocycles. The van der Waals surface area contributed by atoms with Gasteiger partial charge in [0.05, 0.1) is 5.69 Å². The van der Waals surface area contributed by atoms with Gasteiger partial charge in [-0.25, -0.2) is 13.9 Å². The monoisotopic (exact) mass is 432 g/mol. The normalized spacial score (nSPS) is 10.6. The van der Waals surface area contributed by atoms with Gasteiger partial charge in [0.1, 0.15) is 11.6 Å². The Balaban J connectivity index is 1.37. The second-order valence-electron chi connectivity index (χ2n) is 7.15. The van der Waals surface area contributed by atoms with E-state index in [0.29, 0.717) is 28.8 Å². The van der Waals surface area contributed by atoms with Crippen LogP contribution in [0.5, 0.6) is 11.6 Å². The van der Waals surface area contributed by atoms with E-state index in [0.717, 1.165) is 17.0 Å². The number of amides is 2. The Kier molecular flexibility index (Phi) is 5.80. The van der Waals surface area contributed by atoms with Gasteiger partial charge >= 0.3 is 6.03 Å². The Labute approximate surface area is 184 Å². The maximum atomic E-state index is 13.2. The first kappa shape index (κ1) is 21.0. The number of carbonyl (C=O) groups is 1. The molecule has 9 heteroatoms. The lowest BCUT2D eigenvalue weighted by molar-refractivity contribution is 0.262. The van der Waals surface area contributed by atoms with Crippen molar-refractivity contribution in [1.29, 1.82) is 0 Å². The molecule has 2 aromatic carbocycles. The number of aromatic nitrogens is 4. The van der Waals surface area contributed by atoms with Crippen LogP contribution in [0.2, 0.25) is 0 Å². The number of nitrogens with zero attached hydrogens (tertiary/aromatic N) is 4. The molecule has 0 saturated heterocycles. The molecule has 0 radical (unpaired) electrons.